The van der Waals surface area contributed by atoms with Crippen molar-refractivity contribution in [3.05, 3.63) is 33.4 Å². The van der Waals surface area contributed by atoms with E-state index >= 15 is 0 Å². The van der Waals surface area contributed by atoms with Crippen LogP contribution in [0.25, 0.3) is 0 Å². The van der Waals surface area contributed by atoms with Gasteiger partial charge in [0.2, 0.25) is 0 Å². The molecule has 1 aromatic rings. The summed E-state index contributed by atoms with van der Waals surface area (Å²) in [6.07, 6.45) is 8.52. The minimum absolute atomic E-state index is 0.230. The molecule has 1 aromatic carbocycles. The van der Waals surface area contributed by atoms with Crippen LogP contribution in [0.1, 0.15) is 113 Å². The number of carbonyl (C=O) groups is 2. The summed E-state index contributed by atoms with van der Waals surface area (Å²) in [5, 5.41) is 0. The third-order valence-electron chi connectivity index (χ3n) is 7.23. The van der Waals surface area contributed by atoms with E-state index in [-0.39, 0.29) is 13.2 Å². The van der Waals surface area contributed by atoms with E-state index < -0.39 is 17.4 Å². The molecule has 1 aliphatic rings. The lowest BCUT2D eigenvalue weighted by atomic mass is 9.84. The Kier molecular flexibility index (Phi) is 13.6. The standard InChI is InChI=1S/C31H50O6/c1-7-13-15-23-25-19-31(29(32)36-11-5,30(33)37-12-6)20-26(25)24(16-14-8-2)28(22-35-18-10-4)27(23)21-34-17-9-3/h7-22H2,1-6H3. The van der Waals surface area contributed by atoms with Crippen molar-refractivity contribution in [1.29, 1.82) is 0 Å². The van der Waals surface area contributed by atoms with Crippen LogP contribution in [0.3, 0.4) is 0 Å². The Morgan fingerprint density at radius 3 is 1.35 bits per heavy atom. The summed E-state index contributed by atoms with van der Waals surface area (Å²) < 4.78 is 23.3. The van der Waals surface area contributed by atoms with Gasteiger partial charge in [0.15, 0.2) is 5.41 Å². The molecule has 0 radical (unpaired) electrons. The number of rotatable bonds is 18. The predicted octanol–water partition coefficient (Wildman–Crippen LogP) is 6.44. The van der Waals surface area contributed by atoms with E-state index in [0.29, 0.717) is 39.3 Å². The summed E-state index contributed by atoms with van der Waals surface area (Å²) in [6, 6.07) is 0. The Balaban J connectivity index is 2.80. The molecule has 1 aliphatic carbocycles. The Bertz CT molecular complexity index is 804. The highest BCUT2D eigenvalue weighted by Gasteiger charge is 2.54. The smallest absolute Gasteiger partial charge is 0.324 e. The third-order valence-corrected chi connectivity index (χ3v) is 7.23. The summed E-state index contributed by atoms with van der Waals surface area (Å²) in [5.41, 5.74) is 5.81. The van der Waals surface area contributed by atoms with Crippen LogP contribution in [0.5, 0.6) is 0 Å². The molecule has 0 aromatic heterocycles. The van der Waals surface area contributed by atoms with Gasteiger partial charge in [-0.05, 0) is 85.8 Å². The number of fused-ring (bicyclic) bond motifs is 1. The molecule has 0 heterocycles. The molecule has 0 unspecified atom stereocenters. The zero-order valence-electron chi connectivity index (χ0n) is 24.3. The molecular formula is C31H50O6. The molecule has 0 fully saturated rings. The SMILES string of the molecule is CCCCc1c(COCCC)c(COCCC)c(CCCC)c2c1CC(C(=O)OCC)(C(=O)OCC)C2. The normalized spacial score (nSPS) is 14.0. The van der Waals surface area contributed by atoms with Crippen LogP contribution in [-0.4, -0.2) is 38.4 Å². The van der Waals surface area contributed by atoms with Crippen LogP contribution in [0.2, 0.25) is 0 Å². The molecule has 0 saturated heterocycles. The minimum Gasteiger partial charge on any atom is -0.465 e. The van der Waals surface area contributed by atoms with Crippen LogP contribution in [0.15, 0.2) is 0 Å². The number of unbranched alkanes of at least 4 members (excludes halogenated alkanes) is 2. The quantitative estimate of drug-likeness (QED) is 0.127. The van der Waals surface area contributed by atoms with Gasteiger partial charge >= 0.3 is 11.9 Å². The monoisotopic (exact) mass is 518 g/mol. The van der Waals surface area contributed by atoms with Gasteiger partial charge in [-0.15, -0.1) is 0 Å². The Labute approximate surface area is 224 Å². The van der Waals surface area contributed by atoms with Crippen molar-refractivity contribution >= 4 is 11.9 Å². The summed E-state index contributed by atoms with van der Waals surface area (Å²) in [6.45, 7) is 15.1. The topological polar surface area (TPSA) is 71.1 Å². The molecule has 210 valence electrons. The first-order valence-electron chi connectivity index (χ1n) is 14.6. The van der Waals surface area contributed by atoms with Crippen LogP contribution in [0, 0.1) is 5.41 Å². The maximum atomic E-state index is 13.4. The fraction of sp³-hybridized carbons (Fsp3) is 0.742. The maximum absolute atomic E-state index is 13.4. The van der Waals surface area contributed by atoms with E-state index in [4.69, 9.17) is 18.9 Å². The second kappa shape index (κ2) is 16.1. The molecule has 0 atom stereocenters. The lowest BCUT2D eigenvalue weighted by molar-refractivity contribution is -0.171. The summed E-state index contributed by atoms with van der Waals surface area (Å²) in [7, 11) is 0. The predicted molar refractivity (Wildman–Crippen MR) is 147 cm³/mol. The van der Waals surface area contributed by atoms with Crippen LogP contribution < -0.4 is 0 Å². The zero-order chi connectivity index (χ0) is 27.3. The van der Waals surface area contributed by atoms with Gasteiger partial charge in [0.1, 0.15) is 0 Å². The fourth-order valence-electron chi connectivity index (χ4n) is 5.39. The third kappa shape index (κ3) is 7.57. The van der Waals surface area contributed by atoms with Crippen LogP contribution >= 0.6 is 0 Å². The number of hydrogen-bond acceptors (Lipinski definition) is 6. The van der Waals surface area contributed by atoms with Gasteiger partial charge in [-0.25, -0.2) is 0 Å². The van der Waals surface area contributed by atoms with Gasteiger partial charge in [0, 0.05) is 26.1 Å². The van der Waals surface area contributed by atoms with Crippen molar-refractivity contribution in [2.24, 2.45) is 5.41 Å². The number of carbonyl (C=O) groups excluding carboxylic acids is 2. The van der Waals surface area contributed by atoms with E-state index in [9.17, 15) is 9.59 Å². The number of benzene rings is 1. The lowest BCUT2D eigenvalue weighted by Crippen LogP contribution is -2.43. The number of ether oxygens (including phenoxy) is 4. The van der Waals surface area contributed by atoms with Gasteiger partial charge in [-0.1, -0.05) is 40.5 Å². The van der Waals surface area contributed by atoms with Gasteiger partial charge in [-0.3, -0.25) is 9.59 Å². The molecule has 0 bridgehead atoms. The highest BCUT2D eigenvalue weighted by atomic mass is 16.6. The number of hydrogen-bond donors (Lipinski definition) is 0. The van der Waals surface area contributed by atoms with Gasteiger partial charge in [-0.2, -0.15) is 0 Å². The Hall–Kier alpha value is -1.92. The van der Waals surface area contributed by atoms with Crippen molar-refractivity contribution in [2.75, 3.05) is 26.4 Å². The minimum atomic E-state index is -1.33. The average Bonchev–Trinajstić information content (AvgIpc) is 3.30. The van der Waals surface area contributed by atoms with Crippen molar-refractivity contribution in [1.82, 2.24) is 0 Å². The van der Waals surface area contributed by atoms with Gasteiger partial charge in [0.05, 0.1) is 26.4 Å². The van der Waals surface area contributed by atoms with Crippen molar-refractivity contribution < 1.29 is 28.5 Å². The van der Waals surface area contributed by atoms with E-state index in [1.807, 2.05) is 0 Å². The Morgan fingerprint density at radius 2 is 1.03 bits per heavy atom. The highest BCUT2D eigenvalue weighted by molar-refractivity contribution is 6.02. The average molecular weight is 519 g/mol. The van der Waals surface area contributed by atoms with E-state index in [0.717, 1.165) is 62.5 Å². The van der Waals surface area contributed by atoms with E-state index in [1.165, 1.54) is 22.3 Å². The summed E-state index contributed by atoms with van der Waals surface area (Å²) in [4.78, 5) is 26.8. The second-order valence-electron chi connectivity index (χ2n) is 10.1. The van der Waals surface area contributed by atoms with Crippen LogP contribution in [-0.2, 0) is 67.4 Å². The van der Waals surface area contributed by atoms with Gasteiger partial charge < -0.3 is 18.9 Å². The molecule has 0 amide bonds. The maximum Gasteiger partial charge on any atom is 0.324 e. The first-order valence-corrected chi connectivity index (χ1v) is 14.6. The van der Waals surface area contributed by atoms with Crippen molar-refractivity contribution in [3.63, 3.8) is 0 Å². The van der Waals surface area contributed by atoms with Crippen molar-refractivity contribution in [2.45, 2.75) is 119 Å². The van der Waals surface area contributed by atoms with E-state index in [2.05, 4.69) is 27.7 Å². The fourth-order valence-corrected chi connectivity index (χ4v) is 5.39. The number of esters is 2. The lowest BCUT2D eigenvalue weighted by Gasteiger charge is -2.24. The second-order valence-corrected chi connectivity index (χ2v) is 10.1. The molecule has 0 spiro atoms. The highest BCUT2D eigenvalue weighted by Crippen LogP contribution is 2.46. The molecule has 37 heavy (non-hydrogen) atoms. The van der Waals surface area contributed by atoms with Gasteiger partial charge in [0.25, 0.3) is 0 Å². The molecule has 2 rings (SSSR count). The molecule has 6 nitrogen and oxygen atoms in total. The summed E-state index contributed by atoms with van der Waals surface area (Å²) in [5.74, 6) is -0.944. The molecule has 0 saturated carbocycles. The zero-order valence-corrected chi connectivity index (χ0v) is 24.3. The van der Waals surface area contributed by atoms with E-state index in [1.54, 1.807) is 13.8 Å². The molecule has 0 aliphatic heterocycles. The van der Waals surface area contributed by atoms with Crippen LogP contribution in [0.4, 0.5) is 0 Å². The Morgan fingerprint density at radius 1 is 0.622 bits per heavy atom. The molecule has 6 heteroatoms. The molecule has 0 N–H and O–H groups in total. The first kappa shape index (κ1) is 31.3. The first-order chi connectivity index (χ1) is 17.9. The summed E-state index contributed by atoms with van der Waals surface area (Å²) >= 11 is 0. The van der Waals surface area contributed by atoms with Crippen molar-refractivity contribution in [3.8, 4) is 0 Å². The molecular weight excluding hydrogens is 468 g/mol. The largest absolute Gasteiger partial charge is 0.465 e.